The summed E-state index contributed by atoms with van der Waals surface area (Å²) in [7, 11) is 0. The number of pyridine rings is 1. The predicted molar refractivity (Wildman–Crippen MR) is 104 cm³/mol. The molecule has 0 aliphatic carbocycles. The number of Topliss-reactive ketones (excluding diaryl/α,β-unsaturated/α-hetero) is 1. The molecule has 134 valence electrons. The molecule has 1 atom stereocenters. The Balaban J connectivity index is 1.91. The number of rotatable bonds is 4. The molecule has 0 fully saturated rings. The molecule has 0 spiro atoms. The molecule has 5 nitrogen and oxygen atoms in total. The highest BCUT2D eigenvalue weighted by molar-refractivity contribution is 7.12. The Kier molecular flexibility index (Phi) is 4.33. The van der Waals surface area contributed by atoms with Crippen LogP contribution < -0.4 is 4.90 Å². The molecule has 1 N–H and O–H groups in total. The number of thiophene rings is 1. The molecular weight excluding hydrogens is 360 g/mol. The van der Waals surface area contributed by atoms with Crippen molar-refractivity contribution >= 4 is 28.7 Å². The Labute approximate surface area is 160 Å². The van der Waals surface area contributed by atoms with E-state index in [0.717, 1.165) is 5.56 Å². The summed E-state index contributed by atoms with van der Waals surface area (Å²) in [6.45, 7) is 1.89. The average molecular weight is 376 g/mol. The molecule has 2 aromatic heterocycles. The third kappa shape index (κ3) is 2.84. The number of ketones is 1. The van der Waals surface area contributed by atoms with Gasteiger partial charge in [0.25, 0.3) is 5.91 Å². The minimum Gasteiger partial charge on any atom is -0.503 e. The van der Waals surface area contributed by atoms with Gasteiger partial charge in [0.1, 0.15) is 0 Å². The number of nitrogens with zero attached hydrogens (tertiary/aromatic N) is 2. The van der Waals surface area contributed by atoms with Crippen molar-refractivity contribution in [1.29, 1.82) is 0 Å². The van der Waals surface area contributed by atoms with Gasteiger partial charge in [0.2, 0.25) is 5.78 Å². The number of carbonyl (C=O) groups is 2. The van der Waals surface area contributed by atoms with E-state index in [1.54, 1.807) is 42.0 Å². The molecule has 6 heteroatoms. The summed E-state index contributed by atoms with van der Waals surface area (Å²) in [5, 5.41) is 12.4. The summed E-state index contributed by atoms with van der Waals surface area (Å²) in [5.74, 6) is -1.42. The number of aliphatic hydroxyl groups is 1. The molecule has 1 aliphatic rings. The first-order valence-corrected chi connectivity index (χ1v) is 9.28. The zero-order valence-electron chi connectivity index (χ0n) is 14.5. The third-order valence-electron chi connectivity index (χ3n) is 4.59. The first kappa shape index (κ1) is 17.2. The zero-order valence-corrected chi connectivity index (χ0v) is 15.3. The molecule has 4 rings (SSSR count). The van der Waals surface area contributed by atoms with E-state index < -0.39 is 17.7 Å². The first-order chi connectivity index (χ1) is 13.1. The second-order valence-electron chi connectivity index (χ2n) is 6.21. The number of benzene rings is 1. The molecule has 3 aromatic rings. The Morgan fingerprint density at radius 2 is 1.85 bits per heavy atom. The molecule has 1 aliphatic heterocycles. The number of aryl methyl sites for hydroxylation is 1. The van der Waals surface area contributed by atoms with Crippen molar-refractivity contribution < 1.29 is 14.7 Å². The number of para-hydroxylation sites is 1. The summed E-state index contributed by atoms with van der Waals surface area (Å²) >= 11 is 1.28. The highest BCUT2D eigenvalue weighted by Gasteiger charge is 2.45. The van der Waals surface area contributed by atoms with Crippen LogP contribution in [0.25, 0.3) is 0 Å². The number of aliphatic hydroxyl groups excluding tert-OH is 1. The van der Waals surface area contributed by atoms with Crippen molar-refractivity contribution in [3.8, 4) is 0 Å². The van der Waals surface area contributed by atoms with E-state index >= 15 is 0 Å². The van der Waals surface area contributed by atoms with Gasteiger partial charge in [0.15, 0.2) is 5.76 Å². The van der Waals surface area contributed by atoms with E-state index in [9.17, 15) is 14.7 Å². The molecule has 3 heterocycles. The number of hydrogen-bond donors (Lipinski definition) is 1. The summed E-state index contributed by atoms with van der Waals surface area (Å²) in [6.07, 6.45) is 3.22. The van der Waals surface area contributed by atoms with Gasteiger partial charge in [-0.05, 0) is 47.7 Å². The van der Waals surface area contributed by atoms with Crippen LogP contribution in [0.2, 0.25) is 0 Å². The van der Waals surface area contributed by atoms with Crippen molar-refractivity contribution in [2.24, 2.45) is 0 Å². The van der Waals surface area contributed by atoms with Crippen LogP contribution in [-0.2, 0) is 4.79 Å². The zero-order chi connectivity index (χ0) is 19.0. The van der Waals surface area contributed by atoms with Crippen LogP contribution in [0.4, 0.5) is 5.69 Å². The molecule has 0 saturated heterocycles. The monoisotopic (exact) mass is 376 g/mol. The Hall–Kier alpha value is -3.25. The van der Waals surface area contributed by atoms with Gasteiger partial charge in [-0.25, -0.2) is 0 Å². The molecule has 0 saturated carbocycles. The second kappa shape index (κ2) is 6.81. The fourth-order valence-corrected chi connectivity index (χ4v) is 4.00. The molecule has 1 unspecified atom stereocenters. The van der Waals surface area contributed by atoms with Gasteiger partial charge in [-0.1, -0.05) is 24.3 Å². The molecule has 1 amide bonds. The third-order valence-corrected chi connectivity index (χ3v) is 5.46. The Morgan fingerprint density at radius 3 is 2.52 bits per heavy atom. The predicted octanol–water partition coefficient (Wildman–Crippen LogP) is 4.23. The minimum absolute atomic E-state index is 0.0944. The van der Waals surface area contributed by atoms with Gasteiger partial charge in [-0.2, -0.15) is 0 Å². The lowest BCUT2D eigenvalue weighted by Crippen LogP contribution is -2.31. The summed E-state index contributed by atoms with van der Waals surface area (Å²) < 4.78 is 0. The molecule has 0 bridgehead atoms. The van der Waals surface area contributed by atoms with E-state index in [1.807, 2.05) is 31.2 Å². The van der Waals surface area contributed by atoms with Crippen molar-refractivity contribution in [2.75, 3.05) is 4.90 Å². The van der Waals surface area contributed by atoms with Crippen LogP contribution in [0.5, 0.6) is 0 Å². The van der Waals surface area contributed by atoms with E-state index in [2.05, 4.69) is 4.98 Å². The summed E-state index contributed by atoms with van der Waals surface area (Å²) in [5.41, 5.74) is 2.34. The fraction of sp³-hybridized carbons (Fsp3) is 0.0952. The SMILES string of the molecule is Cc1ccccc1N1C(=O)C(O)=C(C(=O)c2cccs2)C1c1ccncc1. The average Bonchev–Trinajstić information content (AvgIpc) is 3.31. The number of anilines is 1. The van der Waals surface area contributed by atoms with Crippen LogP contribution in [0.15, 0.2) is 77.6 Å². The van der Waals surface area contributed by atoms with Crippen LogP contribution in [0.1, 0.15) is 26.8 Å². The Morgan fingerprint density at radius 1 is 1.11 bits per heavy atom. The maximum absolute atomic E-state index is 13.1. The van der Waals surface area contributed by atoms with Gasteiger partial charge in [-0.15, -0.1) is 11.3 Å². The number of carbonyl (C=O) groups excluding carboxylic acids is 2. The van der Waals surface area contributed by atoms with Crippen molar-refractivity contribution in [3.63, 3.8) is 0 Å². The number of aromatic nitrogens is 1. The lowest BCUT2D eigenvalue weighted by molar-refractivity contribution is -0.117. The molecule has 27 heavy (non-hydrogen) atoms. The van der Waals surface area contributed by atoms with E-state index in [0.29, 0.717) is 16.1 Å². The van der Waals surface area contributed by atoms with Crippen LogP contribution in [0, 0.1) is 6.92 Å². The van der Waals surface area contributed by atoms with Gasteiger partial charge in [-0.3, -0.25) is 19.5 Å². The minimum atomic E-state index is -0.712. The second-order valence-corrected chi connectivity index (χ2v) is 7.16. The normalized spacial score (nSPS) is 16.9. The van der Waals surface area contributed by atoms with Gasteiger partial charge >= 0.3 is 0 Å². The summed E-state index contributed by atoms with van der Waals surface area (Å²) in [6, 6.07) is 13.7. The maximum atomic E-state index is 13.1. The number of amides is 1. The van der Waals surface area contributed by atoms with Crippen molar-refractivity contribution in [2.45, 2.75) is 13.0 Å². The molecule has 0 radical (unpaired) electrons. The van der Waals surface area contributed by atoms with Gasteiger partial charge in [0.05, 0.1) is 16.5 Å². The van der Waals surface area contributed by atoms with E-state index in [-0.39, 0.29) is 11.4 Å². The van der Waals surface area contributed by atoms with Crippen molar-refractivity contribution in [3.05, 3.63) is 93.6 Å². The topological polar surface area (TPSA) is 70.5 Å². The lowest BCUT2D eigenvalue weighted by atomic mass is 9.95. The van der Waals surface area contributed by atoms with Crippen LogP contribution >= 0.6 is 11.3 Å². The van der Waals surface area contributed by atoms with Crippen LogP contribution in [-0.4, -0.2) is 21.8 Å². The number of hydrogen-bond acceptors (Lipinski definition) is 5. The highest BCUT2D eigenvalue weighted by atomic mass is 32.1. The quantitative estimate of drug-likeness (QED) is 0.692. The van der Waals surface area contributed by atoms with E-state index in [4.69, 9.17) is 0 Å². The van der Waals surface area contributed by atoms with Crippen LogP contribution in [0.3, 0.4) is 0 Å². The molecular formula is C21H16N2O3S. The first-order valence-electron chi connectivity index (χ1n) is 8.40. The van der Waals surface area contributed by atoms with Gasteiger partial charge < -0.3 is 5.11 Å². The largest absolute Gasteiger partial charge is 0.503 e. The van der Waals surface area contributed by atoms with Crippen molar-refractivity contribution in [1.82, 2.24) is 4.98 Å². The smallest absolute Gasteiger partial charge is 0.294 e. The summed E-state index contributed by atoms with van der Waals surface area (Å²) in [4.78, 5) is 32.1. The highest BCUT2D eigenvalue weighted by Crippen LogP contribution is 2.42. The standard InChI is InChI=1S/C21H16N2O3S/c1-13-5-2-3-6-15(13)23-18(14-8-10-22-11-9-14)17(20(25)21(23)26)19(24)16-7-4-12-27-16/h2-12,18,25H,1H3. The maximum Gasteiger partial charge on any atom is 0.294 e. The Bertz CT molecular complexity index is 1040. The lowest BCUT2D eigenvalue weighted by Gasteiger charge is -2.28. The fourth-order valence-electron chi connectivity index (χ4n) is 3.32. The van der Waals surface area contributed by atoms with E-state index in [1.165, 1.54) is 16.2 Å². The molecule has 1 aromatic carbocycles. The van der Waals surface area contributed by atoms with Gasteiger partial charge in [0, 0.05) is 18.1 Å².